The van der Waals surface area contributed by atoms with Crippen LogP contribution in [-0.2, 0) is 0 Å². The number of hydrogen-bond acceptors (Lipinski definition) is 7. The first-order valence-electron chi connectivity index (χ1n) is 6.91. The lowest BCUT2D eigenvalue weighted by Gasteiger charge is -2.11. The van der Waals surface area contributed by atoms with Crippen molar-refractivity contribution in [2.75, 3.05) is 7.05 Å². The molecule has 24 heavy (non-hydrogen) atoms. The number of hydrazine groups is 1. The number of benzene rings is 1. The van der Waals surface area contributed by atoms with Crippen molar-refractivity contribution in [3.8, 4) is 0 Å². The number of hydrogen-bond donors (Lipinski definition) is 3. The third-order valence-corrected chi connectivity index (χ3v) is 5.04. The molecule has 0 radical (unpaired) electrons. The van der Waals surface area contributed by atoms with Crippen LogP contribution in [0.4, 0.5) is 5.00 Å². The maximum absolute atomic E-state index is 10.7. The highest BCUT2D eigenvalue weighted by molar-refractivity contribution is 8.15. The van der Waals surface area contributed by atoms with E-state index >= 15 is 0 Å². The van der Waals surface area contributed by atoms with Crippen LogP contribution in [0.15, 0.2) is 64.9 Å². The molecule has 0 saturated heterocycles. The molecule has 3 N–H and O–H groups in total. The van der Waals surface area contributed by atoms with Gasteiger partial charge in [-0.2, -0.15) is 0 Å². The van der Waals surface area contributed by atoms with Gasteiger partial charge in [-0.05, 0) is 17.7 Å². The SMILES string of the molecule is C=C(/C=C(\NNC)c1ccccc1)C(=N)Sc1ccc([N+](=O)[O-])s1. The minimum Gasteiger partial charge on any atom is -0.321 e. The Morgan fingerprint density at radius 1 is 1.33 bits per heavy atom. The smallest absolute Gasteiger partial charge is 0.321 e. The predicted molar refractivity (Wildman–Crippen MR) is 100 cm³/mol. The fourth-order valence-corrected chi connectivity index (χ4v) is 3.57. The van der Waals surface area contributed by atoms with E-state index in [-0.39, 0.29) is 10.0 Å². The normalized spacial score (nSPS) is 11.1. The lowest BCUT2D eigenvalue weighted by Crippen LogP contribution is -2.26. The van der Waals surface area contributed by atoms with E-state index in [1.165, 1.54) is 6.07 Å². The van der Waals surface area contributed by atoms with Crippen molar-refractivity contribution in [1.29, 1.82) is 5.41 Å². The summed E-state index contributed by atoms with van der Waals surface area (Å²) < 4.78 is 0.684. The third-order valence-electron chi connectivity index (χ3n) is 2.90. The van der Waals surface area contributed by atoms with Crippen LogP contribution in [0, 0.1) is 15.5 Å². The van der Waals surface area contributed by atoms with Gasteiger partial charge < -0.3 is 5.43 Å². The summed E-state index contributed by atoms with van der Waals surface area (Å²) in [5, 5.41) is 19.2. The highest BCUT2D eigenvalue weighted by atomic mass is 32.2. The van der Waals surface area contributed by atoms with Crippen LogP contribution in [0.2, 0.25) is 0 Å². The van der Waals surface area contributed by atoms with E-state index in [9.17, 15) is 10.1 Å². The highest BCUT2D eigenvalue weighted by Crippen LogP contribution is 2.34. The maximum atomic E-state index is 10.7. The average Bonchev–Trinajstić information content (AvgIpc) is 3.04. The topological polar surface area (TPSA) is 91.0 Å². The summed E-state index contributed by atoms with van der Waals surface area (Å²) in [6.07, 6.45) is 1.77. The van der Waals surface area contributed by atoms with Gasteiger partial charge in [-0.25, -0.2) is 5.43 Å². The first-order chi connectivity index (χ1) is 11.5. The minimum absolute atomic E-state index is 0.0632. The number of nitrogens with zero attached hydrogens (tertiary/aromatic N) is 1. The molecular formula is C16H16N4O2S2. The zero-order chi connectivity index (χ0) is 17.5. The van der Waals surface area contributed by atoms with E-state index in [2.05, 4.69) is 17.4 Å². The Morgan fingerprint density at radius 2 is 2.04 bits per heavy atom. The highest BCUT2D eigenvalue weighted by Gasteiger charge is 2.13. The molecule has 1 heterocycles. The van der Waals surface area contributed by atoms with Crippen molar-refractivity contribution < 1.29 is 4.92 Å². The minimum atomic E-state index is -0.433. The molecule has 0 bridgehead atoms. The van der Waals surface area contributed by atoms with Gasteiger partial charge in [-0.15, -0.1) is 0 Å². The van der Waals surface area contributed by atoms with Gasteiger partial charge in [0.05, 0.1) is 19.9 Å². The van der Waals surface area contributed by atoms with Crippen LogP contribution in [0.5, 0.6) is 0 Å². The zero-order valence-corrected chi connectivity index (χ0v) is 14.5. The van der Waals surface area contributed by atoms with Gasteiger partial charge in [0.2, 0.25) is 0 Å². The second-order valence-electron chi connectivity index (χ2n) is 4.61. The summed E-state index contributed by atoms with van der Waals surface area (Å²) in [6, 6.07) is 12.8. The Kier molecular flexibility index (Phi) is 6.30. The second kappa shape index (κ2) is 8.44. The molecule has 0 aliphatic carbocycles. The summed E-state index contributed by atoms with van der Waals surface area (Å²) in [7, 11) is 1.75. The Bertz CT molecular complexity index is 784. The molecular weight excluding hydrogens is 344 g/mol. The van der Waals surface area contributed by atoms with Crippen molar-refractivity contribution in [3.05, 3.63) is 76.4 Å². The van der Waals surface area contributed by atoms with Crippen LogP contribution < -0.4 is 10.9 Å². The molecule has 0 spiro atoms. The van der Waals surface area contributed by atoms with Gasteiger partial charge in [-0.3, -0.25) is 15.5 Å². The lowest BCUT2D eigenvalue weighted by molar-refractivity contribution is -0.380. The molecule has 0 unspecified atom stereocenters. The number of thioether (sulfide) groups is 1. The molecule has 1 aromatic heterocycles. The summed E-state index contributed by atoms with van der Waals surface area (Å²) in [4.78, 5) is 10.3. The van der Waals surface area contributed by atoms with Crippen LogP contribution in [0.25, 0.3) is 5.70 Å². The van der Waals surface area contributed by atoms with E-state index in [1.54, 1.807) is 19.2 Å². The van der Waals surface area contributed by atoms with Crippen molar-refractivity contribution in [3.63, 3.8) is 0 Å². The molecule has 8 heteroatoms. The van der Waals surface area contributed by atoms with Gasteiger partial charge in [-0.1, -0.05) is 60.0 Å². The largest absolute Gasteiger partial charge is 0.325 e. The quantitative estimate of drug-likeness (QED) is 0.173. The van der Waals surface area contributed by atoms with Crippen LogP contribution in [-0.4, -0.2) is 17.0 Å². The third kappa shape index (κ3) is 4.79. The Hall–Kier alpha value is -2.42. The first-order valence-corrected chi connectivity index (χ1v) is 8.54. The van der Waals surface area contributed by atoms with E-state index in [0.717, 1.165) is 34.4 Å². The molecule has 0 aliphatic heterocycles. The number of nitro groups is 1. The standard InChI is InChI=1S/C16H16N4O2S2/c1-11(10-13(19-18-2)12-6-4-3-5-7-12)16(17)24-15-9-8-14(23-15)20(21)22/h3-10,17-19H,1H2,2H3/b13-10-,17-16?. The molecule has 6 nitrogen and oxygen atoms in total. The Labute approximate surface area is 147 Å². The van der Waals surface area contributed by atoms with Crippen molar-refractivity contribution in [1.82, 2.24) is 10.9 Å². The van der Waals surface area contributed by atoms with E-state index < -0.39 is 4.92 Å². The fraction of sp³-hybridized carbons (Fsp3) is 0.0625. The van der Waals surface area contributed by atoms with Gasteiger partial charge in [0.1, 0.15) is 0 Å². The fourth-order valence-electron chi connectivity index (χ4n) is 1.81. The van der Waals surface area contributed by atoms with Crippen LogP contribution >= 0.6 is 23.1 Å². The molecule has 0 saturated carbocycles. The van der Waals surface area contributed by atoms with Crippen molar-refractivity contribution in [2.24, 2.45) is 0 Å². The molecule has 0 atom stereocenters. The van der Waals surface area contributed by atoms with Gasteiger partial charge in [0.25, 0.3) is 0 Å². The van der Waals surface area contributed by atoms with E-state index in [0.29, 0.717) is 9.78 Å². The second-order valence-corrected chi connectivity index (χ2v) is 6.98. The summed E-state index contributed by atoms with van der Waals surface area (Å²) >= 11 is 2.20. The van der Waals surface area contributed by atoms with Gasteiger partial charge >= 0.3 is 5.00 Å². The summed E-state index contributed by atoms with van der Waals surface area (Å²) in [5.74, 6) is 0. The number of rotatable bonds is 7. The zero-order valence-electron chi connectivity index (χ0n) is 12.9. The number of allylic oxidation sites excluding steroid dienone is 1. The summed E-state index contributed by atoms with van der Waals surface area (Å²) in [5.41, 5.74) is 8.14. The average molecular weight is 360 g/mol. The van der Waals surface area contributed by atoms with E-state index in [1.807, 2.05) is 30.3 Å². The molecule has 0 fully saturated rings. The Morgan fingerprint density at radius 3 is 2.62 bits per heavy atom. The van der Waals surface area contributed by atoms with Gasteiger partial charge in [0.15, 0.2) is 0 Å². The molecule has 1 aromatic carbocycles. The molecule has 0 amide bonds. The number of nitrogens with one attached hydrogen (secondary N) is 3. The Balaban J connectivity index is 2.12. The number of thiophene rings is 1. The van der Waals surface area contributed by atoms with Crippen molar-refractivity contribution >= 4 is 38.8 Å². The molecule has 124 valence electrons. The summed E-state index contributed by atoms with van der Waals surface area (Å²) in [6.45, 7) is 3.92. The molecule has 2 rings (SSSR count). The molecule has 0 aliphatic rings. The first kappa shape index (κ1) is 17.9. The molecule has 2 aromatic rings. The lowest BCUT2D eigenvalue weighted by atomic mass is 10.1. The van der Waals surface area contributed by atoms with Crippen molar-refractivity contribution in [2.45, 2.75) is 4.21 Å². The monoisotopic (exact) mass is 360 g/mol. The van der Waals surface area contributed by atoms with Crippen LogP contribution in [0.1, 0.15) is 5.56 Å². The predicted octanol–water partition coefficient (Wildman–Crippen LogP) is 4.05. The van der Waals surface area contributed by atoms with Crippen LogP contribution in [0.3, 0.4) is 0 Å². The van der Waals surface area contributed by atoms with E-state index in [4.69, 9.17) is 5.41 Å². The maximum Gasteiger partial charge on any atom is 0.325 e. The van der Waals surface area contributed by atoms with Gasteiger partial charge in [0, 0.05) is 18.7 Å².